The number of benzene rings is 3. The SMILES string of the molecule is Cc1ccc(N=C2NC(=O)/C(=C/c3c(C)n(Cc4ccccc4Cl)c4ccccc34)S2)cc1Cl. The number of aliphatic imine (C=N–C) groups is 1. The fraction of sp³-hybridized carbons (Fsp3) is 0.111. The Morgan fingerprint density at radius 1 is 1.00 bits per heavy atom. The van der Waals surface area contributed by atoms with E-state index in [0.29, 0.717) is 27.3 Å². The third kappa shape index (κ3) is 4.39. The molecule has 1 aliphatic heterocycles. The number of aryl methyl sites for hydroxylation is 1. The Morgan fingerprint density at radius 2 is 1.76 bits per heavy atom. The van der Waals surface area contributed by atoms with Gasteiger partial charge in [0, 0.05) is 38.8 Å². The van der Waals surface area contributed by atoms with Crippen LogP contribution in [0.25, 0.3) is 17.0 Å². The Hall–Kier alpha value is -2.99. The summed E-state index contributed by atoms with van der Waals surface area (Å²) in [6.07, 6.45) is 1.95. The molecule has 5 rings (SSSR count). The van der Waals surface area contributed by atoms with Crippen molar-refractivity contribution in [1.29, 1.82) is 0 Å². The van der Waals surface area contributed by atoms with Crippen LogP contribution in [0.15, 0.2) is 76.6 Å². The van der Waals surface area contributed by atoms with Crippen LogP contribution in [0, 0.1) is 13.8 Å². The summed E-state index contributed by atoms with van der Waals surface area (Å²) in [4.78, 5) is 17.9. The van der Waals surface area contributed by atoms with E-state index in [1.54, 1.807) is 6.07 Å². The molecule has 4 nitrogen and oxygen atoms in total. The van der Waals surface area contributed by atoms with Crippen molar-refractivity contribution in [3.63, 3.8) is 0 Å². The van der Waals surface area contributed by atoms with Crippen molar-refractivity contribution in [2.45, 2.75) is 20.4 Å². The number of nitrogens with one attached hydrogen (secondary N) is 1. The molecule has 1 amide bonds. The summed E-state index contributed by atoms with van der Waals surface area (Å²) in [6, 6.07) is 21.7. The highest BCUT2D eigenvalue weighted by molar-refractivity contribution is 8.18. The number of halogens is 2. The lowest BCUT2D eigenvalue weighted by Gasteiger charge is -2.10. The Labute approximate surface area is 212 Å². The molecule has 0 saturated carbocycles. The van der Waals surface area contributed by atoms with Crippen LogP contribution in [-0.4, -0.2) is 15.6 Å². The number of amides is 1. The van der Waals surface area contributed by atoms with Gasteiger partial charge in [-0.25, -0.2) is 4.99 Å². The van der Waals surface area contributed by atoms with Gasteiger partial charge in [-0.1, -0.05) is 65.7 Å². The maximum absolute atomic E-state index is 12.8. The van der Waals surface area contributed by atoms with Crippen LogP contribution in [0.2, 0.25) is 10.0 Å². The number of hydrogen-bond acceptors (Lipinski definition) is 3. The van der Waals surface area contributed by atoms with E-state index in [1.807, 2.05) is 61.5 Å². The number of carbonyl (C=O) groups excluding carboxylic acids is 1. The number of para-hydroxylation sites is 1. The van der Waals surface area contributed by atoms with Crippen molar-refractivity contribution in [1.82, 2.24) is 9.88 Å². The van der Waals surface area contributed by atoms with E-state index >= 15 is 0 Å². The Kier molecular flexibility index (Phi) is 6.26. The molecule has 1 aromatic heterocycles. The largest absolute Gasteiger partial charge is 0.340 e. The number of fused-ring (bicyclic) bond motifs is 1. The first-order chi connectivity index (χ1) is 16.4. The number of aromatic nitrogens is 1. The average molecular weight is 506 g/mol. The number of rotatable bonds is 4. The normalized spacial score (nSPS) is 16.1. The zero-order valence-electron chi connectivity index (χ0n) is 18.6. The van der Waals surface area contributed by atoms with Gasteiger partial charge in [-0.3, -0.25) is 4.79 Å². The number of carbonyl (C=O) groups is 1. The van der Waals surface area contributed by atoms with Gasteiger partial charge in [-0.2, -0.15) is 0 Å². The van der Waals surface area contributed by atoms with E-state index in [1.165, 1.54) is 11.8 Å². The first-order valence-corrected chi connectivity index (χ1v) is 12.3. The van der Waals surface area contributed by atoms with E-state index in [-0.39, 0.29) is 5.91 Å². The molecular weight excluding hydrogens is 485 g/mol. The van der Waals surface area contributed by atoms with Gasteiger partial charge >= 0.3 is 0 Å². The quantitative estimate of drug-likeness (QED) is 0.291. The molecule has 1 saturated heterocycles. The van der Waals surface area contributed by atoms with E-state index in [0.717, 1.165) is 38.3 Å². The summed E-state index contributed by atoms with van der Waals surface area (Å²) < 4.78 is 2.24. The number of thioether (sulfide) groups is 1. The minimum atomic E-state index is -0.163. The van der Waals surface area contributed by atoms with Crippen LogP contribution >= 0.6 is 35.0 Å². The summed E-state index contributed by atoms with van der Waals surface area (Å²) in [5.74, 6) is -0.163. The summed E-state index contributed by atoms with van der Waals surface area (Å²) in [5, 5.41) is 5.87. The minimum Gasteiger partial charge on any atom is -0.340 e. The number of amidine groups is 1. The van der Waals surface area contributed by atoms with Gasteiger partial charge < -0.3 is 9.88 Å². The number of nitrogens with zero attached hydrogens (tertiary/aromatic N) is 2. The Bertz CT molecular complexity index is 1500. The zero-order valence-corrected chi connectivity index (χ0v) is 20.9. The summed E-state index contributed by atoms with van der Waals surface area (Å²) >= 11 is 14.0. The van der Waals surface area contributed by atoms with Crippen LogP contribution in [0.1, 0.15) is 22.4 Å². The van der Waals surface area contributed by atoms with Gasteiger partial charge in [0.1, 0.15) is 0 Å². The predicted molar refractivity (Wildman–Crippen MR) is 144 cm³/mol. The van der Waals surface area contributed by atoms with Crippen LogP contribution < -0.4 is 5.32 Å². The molecule has 1 fully saturated rings. The van der Waals surface area contributed by atoms with Gasteiger partial charge in [-0.05, 0) is 67.1 Å². The lowest BCUT2D eigenvalue weighted by Crippen LogP contribution is -2.19. The molecular formula is C27H21Cl2N3OS. The second kappa shape index (κ2) is 9.34. The molecule has 0 spiro atoms. The van der Waals surface area contributed by atoms with Gasteiger partial charge in [0.05, 0.1) is 10.6 Å². The van der Waals surface area contributed by atoms with Crippen molar-refractivity contribution >= 4 is 68.7 Å². The molecule has 0 aliphatic carbocycles. The van der Waals surface area contributed by atoms with Crippen LogP contribution in [0.4, 0.5) is 5.69 Å². The molecule has 170 valence electrons. The topological polar surface area (TPSA) is 46.4 Å². The van der Waals surface area contributed by atoms with Crippen molar-refractivity contribution < 1.29 is 4.79 Å². The van der Waals surface area contributed by atoms with Crippen LogP contribution in [-0.2, 0) is 11.3 Å². The molecule has 1 N–H and O–H groups in total. The molecule has 2 heterocycles. The van der Waals surface area contributed by atoms with Crippen molar-refractivity contribution in [3.8, 4) is 0 Å². The first-order valence-electron chi connectivity index (χ1n) is 10.8. The third-order valence-corrected chi connectivity index (χ3v) is 7.56. The lowest BCUT2D eigenvalue weighted by molar-refractivity contribution is -0.115. The molecule has 34 heavy (non-hydrogen) atoms. The first kappa shape index (κ1) is 22.8. The fourth-order valence-corrected chi connectivity index (χ4v) is 5.21. The van der Waals surface area contributed by atoms with E-state index in [4.69, 9.17) is 23.2 Å². The van der Waals surface area contributed by atoms with Crippen molar-refractivity contribution in [2.24, 2.45) is 4.99 Å². The van der Waals surface area contributed by atoms with Gasteiger partial charge in [0.2, 0.25) is 0 Å². The minimum absolute atomic E-state index is 0.163. The van der Waals surface area contributed by atoms with Crippen LogP contribution in [0.3, 0.4) is 0 Å². The average Bonchev–Trinajstić information content (AvgIpc) is 3.29. The standard InChI is InChI=1S/C27H21Cl2N3OS/c1-16-11-12-19(13-23(16)29)30-27-31-26(33)25(34-27)14-21-17(2)32(24-10-6-4-8-20(21)24)15-18-7-3-5-9-22(18)28/h3-14H,15H2,1-2H3,(H,30,31,33)/b25-14-. The molecule has 0 unspecified atom stereocenters. The van der Waals surface area contributed by atoms with Gasteiger partial charge in [0.25, 0.3) is 5.91 Å². The molecule has 3 aromatic carbocycles. The zero-order chi connectivity index (χ0) is 23.8. The third-order valence-electron chi connectivity index (χ3n) is 5.88. The van der Waals surface area contributed by atoms with Crippen molar-refractivity contribution in [2.75, 3.05) is 0 Å². The molecule has 0 atom stereocenters. The monoisotopic (exact) mass is 505 g/mol. The van der Waals surface area contributed by atoms with E-state index in [9.17, 15) is 4.79 Å². The van der Waals surface area contributed by atoms with Crippen molar-refractivity contribution in [3.05, 3.63) is 104 Å². The number of hydrogen-bond donors (Lipinski definition) is 1. The summed E-state index contributed by atoms with van der Waals surface area (Å²) in [6.45, 7) is 4.66. The van der Waals surface area contributed by atoms with Crippen LogP contribution in [0.5, 0.6) is 0 Å². The maximum atomic E-state index is 12.8. The predicted octanol–water partition coefficient (Wildman–Crippen LogP) is 7.50. The highest BCUT2D eigenvalue weighted by Crippen LogP contribution is 2.34. The Balaban J connectivity index is 1.52. The summed E-state index contributed by atoms with van der Waals surface area (Å²) in [5.41, 5.74) is 5.91. The smallest absolute Gasteiger partial charge is 0.264 e. The second-order valence-electron chi connectivity index (χ2n) is 8.11. The molecule has 4 aromatic rings. The molecule has 7 heteroatoms. The second-order valence-corrected chi connectivity index (χ2v) is 9.95. The van der Waals surface area contributed by atoms with E-state index < -0.39 is 0 Å². The highest BCUT2D eigenvalue weighted by Gasteiger charge is 2.25. The highest BCUT2D eigenvalue weighted by atomic mass is 35.5. The maximum Gasteiger partial charge on any atom is 0.264 e. The summed E-state index contributed by atoms with van der Waals surface area (Å²) in [7, 11) is 0. The Morgan fingerprint density at radius 3 is 2.56 bits per heavy atom. The van der Waals surface area contributed by atoms with Gasteiger partial charge in [0.15, 0.2) is 5.17 Å². The fourth-order valence-electron chi connectivity index (χ4n) is 4.02. The lowest BCUT2D eigenvalue weighted by atomic mass is 10.1. The molecule has 0 radical (unpaired) electrons. The van der Waals surface area contributed by atoms with Gasteiger partial charge in [-0.15, -0.1) is 0 Å². The molecule has 1 aliphatic rings. The molecule has 0 bridgehead atoms. The van der Waals surface area contributed by atoms with E-state index in [2.05, 4.69) is 33.9 Å².